The Morgan fingerprint density at radius 2 is 1.48 bits per heavy atom. The highest BCUT2D eigenvalue weighted by molar-refractivity contribution is 7.92. The van der Waals surface area contributed by atoms with Crippen molar-refractivity contribution in [1.29, 1.82) is 0 Å². The number of benzene rings is 2. The summed E-state index contributed by atoms with van der Waals surface area (Å²) in [6, 6.07) is 14.7. The van der Waals surface area contributed by atoms with E-state index in [9.17, 15) is 26.4 Å². The molecule has 0 unspecified atom stereocenters. The van der Waals surface area contributed by atoms with E-state index in [0.717, 1.165) is 43.2 Å². The number of amides is 1. The van der Waals surface area contributed by atoms with Crippen LogP contribution in [0.1, 0.15) is 76.3 Å². The molecule has 7 nitrogen and oxygen atoms in total. The van der Waals surface area contributed by atoms with Crippen LogP contribution < -0.4 is 10.0 Å². The number of anilines is 1. The third kappa shape index (κ3) is 8.71. The third-order valence-corrected chi connectivity index (χ3v) is 8.58. The minimum atomic E-state index is -5.08. The number of carbonyl (C=O) groups excluding carboxylic acids is 1. The quantitative estimate of drug-likeness (QED) is 0.321. The number of carboxylic acids is 1. The van der Waals surface area contributed by atoms with Gasteiger partial charge in [0.25, 0.3) is 10.0 Å². The number of carbonyl (C=O) groups is 2. The summed E-state index contributed by atoms with van der Waals surface area (Å²) in [6.07, 6.45) is 4.57. The van der Waals surface area contributed by atoms with Crippen molar-refractivity contribution in [3.05, 3.63) is 59.7 Å². The smallest absolute Gasteiger partial charge is 0.475 e. The minimum Gasteiger partial charge on any atom is -0.475 e. The van der Waals surface area contributed by atoms with Gasteiger partial charge in [-0.25, -0.2) is 13.2 Å². The van der Waals surface area contributed by atoms with Crippen LogP contribution >= 0.6 is 0 Å². The number of hydrogen-bond acceptors (Lipinski definition) is 4. The Hall–Kier alpha value is -3.08. The van der Waals surface area contributed by atoms with Crippen molar-refractivity contribution in [2.24, 2.45) is 5.92 Å². The minimum absolute atomic E-state index is 0.129. The van der Waals surface area contributed by atoms with Gasteiger partial charge in [0.2, 0.25) is 5.91 Å². The van der Waals surface area contributed by atoms with E-state index >= 15 is 0 Å². The summed E-state index contributed by atoms with van der Waals surface area (Å²) >= 11 is 0. The van der Waals surface area contributed by atoms with Crippen LogP contribution in [0.2, 0.25) is 0 Å². The van der Waals surface area contributed by atoms with E-state index in [1.165, 1.54) is 25.7 Å². The molecule has 0 aliphatic heterocycles. The van der Waals surface area contributed by atoms with Gasteiger partial charge in [-0.15, -0.1) is 0 Å². The fourth-order valence-electron chi connectivity index (χ4n) is 4.87. The van der Waals surface area contributed by atoms with Gasteiger partial charge in [-0.3, -0.25) is 9.52 Å². The summed E-state index contributed by atoms with van der Waals surface area (Å²) in [5.41, 5.74) is 2.15. The summed E-state index contributed by atoms with van der Waals surface area (Å²) in [6.45, 7) is 4.28. The van der Waals surface area contributed by atoms with Gasteiger partial charge in [-0.05, 0) is 73.4 Å². The van der Waals surface area contributed by atoms with Crippen molar-refractivity contribution in [2.75, 3.05) is 4.72 Å². The van der Waals surface area contributed by atoms with E-state index in [0.29, 0.717) is 11.6 Å². The number of hydrogen-bond donors (Lipinski definition) is 3. The molecule has 11 heteroatoms. The first-order valence-corrected chi connectivity index (χ1v) is 15.0. The SMILES string of the molecule is CC(C)Cc1ccc(S(=O)(=O)Nc2ccc(C3(C(=O)NC4CCCCCC4)CC3)cc2)cc1.O=C(O)C(F)(F)F. The van der Waals surface area contributed by atoms with E-state index in [1.54, 1.807) is 24.3 Å². The predicted octanol–water partition coefficient (Wildman–Crippen LogP) is 6.19. The van der Waals surface area contributed by atoms with Crippen molar-refractivity contribution < 1.29 is 36.3 Å². The molecule has 2 saturated carbocycles. The van der Waals surface area contributed by atoms with Gasteiger partial charge in [0.05, 0.1) is 10.3 Å². The number of halogens is 3. The van der Waals surface area contributed by atoms with Gasteiger partial charge in [-0.1, -0.05) is 63.8 Å². The summed E-state index contributed by atoms with van der Waals surface area (Å²) < 4.78 is 60.0. The molecule has 0 atom stereocenters. The first-order valence-electron chi connectivity index (χ1n) is 13.6. The van der Waals surface area contributed by atoms with E-state index in [4.69, 9.17) is 9.90 Å². The molecular formula is C29H37F3N2O5S. The molecule has 3 N–H and O–H groups in total. The lowest BCUT2D eigenvalue weighted by atomic mass is 9.94. The summed E-state index contributed by atoms with van der Waals surface area (Å²) in [7, 11) is -3.66. The van der Waals surface area contributed by atoms with E-state index < -0.39 is 27.6 Å². The van der Waals surface area contributed by atoms with Crippen LogP contribution in [0.4, 0.5) is 18.9 Å². The highest BCUT2D eigenvalue weighted by Gasteiger charge is 2.51. The number of nitrogens with one attached hydrogen (secondary N) is 2. The molecule has 0 radical (unpaired) electrons. The highest BCUT2D eigenvalue weighted by Crippen LogP contribution is 2.49. The number of sulfonamides is 1. The normalized spacial score (nSPS) is 17.2. The zero-order valence-corrected chi connectivity index (χ0v) is 23.6. The molecule has 220 valence electrons. The molecule has 2 aliphatic rings. The summed E-state index contributed by atoms with van der Waals surface area (Å²) in [4.78, 5) is 22.2. The van der Waals surface area contributed by atoms with Crippen molar-refractivity contribution >= 4 is 27.6 Å². The van der Waals surface area contributed by atoms with Crippen LogP contribution in [-0.4, -0.2) is 37.6 Å². The molecule has 2 aliphatic carbocycles. The van der Waals surface area contributed by atoms with Crippen LogP contribution in [0.25, 0.3) is 0 Å². The Kier molecular flexibility index (Phi) is 10.3. The van der Waals surface area contributed by atoms with Crippen molar-refractivity contribution in [1.82, 2.24) is 5.32 Å². The molecule has 0 bridgehead atoms. The van der Waals surface area contributed by atoms with Crippen LogP contribution in [0.5, 0.6) is 0 Å². The van der Waals surface area contributed by atoms with Crippen LogP contribution in [-0.2, 0) is 31.4 Å². The number of rotatable bonds is 8. The molecule has 0 saturated heterocycles. The van der Waals surface area contributed by atoms with Crippen molar-refractivity contribution in [3.63, 3.8) is 0 Å². The third-order valence-electron chi connectivity index (χ3n) is 7.18. The zero-order chi connectivity index (χ0) is 29.6. The summed E-state index contributed by atoms with van der Waals surface area (Å²) in [5, 5.41) is 10.4. The largest absolute Gasteiger partial charge is 0.490 e. The Morgan fingerprint density at radius 1 is 0.950 bits per heavy atom. The first-order chi connectivity index (χ1) is 18.7. The molecule has 4 rings (SSSR count). The lowest BCUT2D eigenvalue weighted by molar-refractivity contribution is -0.192. The number of aliphatic carboxylic acids is 1. The Labute approximate surface area is 233 Å². The van der Waals surface area contributed by atoms with E-state index in [-0.39, 0.29) is 16.8 Å². The maximum absolute atomic E-state index is 13.1. The maximum atomic E-state index is 13.1. The Morgan fingerprint density at radius 3 is 1.93 bits per heavy atom. The number of carboxylic acid groups (broad SMARTS) is 1. The van der Waals surface area contributed by atoms with Gasteiger partial charge in [0.15, 0.2) is 0 Å². The molecule has 0 aromatic heterocycles. The fourth-order valence-corrected chi connectivity index (χ4v) is 5.93. The average Bonchev–Trinajstić information content (AvgIpc) is 3.70. The molecule has 2 aromatic rings. The van der Waals surface area contributed by atoms with Crippen molar-refractivity contribution in [2.45, 2.75) is 94.2 Å². The average molecular weight is 583 g/mol. The van der Waals surface area contributed by atoms with E-state index in [2.05, 4.69) is 23.9 Å². The maximum Gasteiger partial charge on any atom is 0.490 e. The lowest BCUT2D eigenvalue weighted by Gasteiger charge is -2.22. The lowest BCUT2D eigenvalue weighted by Crippen LogP contribution is -2.41. The predicted molar refractivity (Wildman–Crippen MR) is 146 cm³/mol. The molecule has 0 heterocycles. The summed E-state index contributed by atoms with van der Waals surface area (Å²) in [5.74, 6) is -2.11. The van der Waals surface area contributed by atoms with Gasteiger partial charge < -0.3 is 10.4 Å². The molecule has 2 fully saturated rings. The molecular weight excluding hydrogens is 545 g/mol. The monoisotopic (exact) mass is 582 g/mol. The molecule has 2 aromatic carbocycles. The van der Waals surface area contributed by atoms with Crippen LogP contribution in [0.3, 0.4) is 0 Å². The zero-order valence-electron chi connectivity index (χ0n) is 22.8. The first kappa shape index (κ1) is 31.4. The standard InChI is InChI=1S/C27H36N2O3S.C2HF3O2/c1-20(2)19-21-9-15-25(16-10-21)33(31,32)29-24-13-11-22(12-14-24)27(17-18-27)26(30)28-23-7-5-3-4-6-8-23;3-2(4,5)1(6)7/h9-16,20,23,29H,3-8,17-19H2,1-2H3,(H,28,30);(H,6,7). The van der Waals surface area contributed by atoms with Crippen LogP contribution in [0.15, 0.2) is 53.4 Å². The van der Waals surface area contributed by atoms with Gasteiger partial charge in [0, 0.05) is 11.7 Å². The van der Waals surface area contributed by atoms with Crippen LogP contribution in [0, 0.1) is 5.92 Å². The topological polar surface area (TPSA) is 113 Å². The van der Waals surface area contributed by atoms with Crippen molar-refractivity contribution in [3.8, 4) is 0 Å². The van der Waals surface area contributed by atoms with Gasteiger partial charge in [-0.2, -0.15) is 13.2 Å². The second-order valence-electron chi connectivity index (χ2n) is 11.0. The second-order valence-corrected chi connectivity index (χ2v) is 12.7. The molecule has 0 spiro atoms. The fraction of sp³-hybridized carbons (Fsp3) is 0.517. The second kappa shape index (κ2) is 13.1. The Balaban J connectivity index is 0.000000559. The van der Waals surface area contributed by atoms with Gasteiger partial charge >= 0.3 is 12.1 Å². The van der Waals surface area contributed by atoms with E-state index in [1.807, 2.05) is 24.3 Å². The molecule has 40 heavy (non-hydrogen) atoms. The highest BCUT2D eigenvalue weighted by atomic mass is 32.2. The molecule has 1 amide bonds. The number of alkyl halides is 3. The van der Waals surface area contributed by atoms with Gasteiger partial charge in [0.1, 0.15) is 0 Å². The Bertz CT molecular complexity index is 1250.